The van der Waals surface area contributed by atoms with E-state index >= 15 is 0 Å². The molecule has 1 aliphatic heterocycles. The van der Waals surface area contributed by atoms with Crippen molar-refractivity contribution in [2.75, 3.05) is 6.54 Å². The molecule has 1 N–H and O–H groups in total. The first kappa shape index (κ1) is 14.9. The highest BCUT2D eigenvalue weighted by Crippen LogP contribution is 2.42. The molecule has 4 heteroatoms. The lowest BCUT2D eigenvalue weighted by Gasteiger charge is -2.41. The Morgan fingerprint density at radius 2 is 2.26 bits per heavy atom. The van der Waals surface area contributed by atoms with Gasteiger partial charge < -0.3 is 4.74 Å². The maximum Gasteiger partial charge on any atom is 0.328 e. The zero-order chi connectivity index (χ0) is 14.0. The summed E-state index contributed by atoms with van der Waals surface area (Å²) in [6, 6.07) is -0.345. The van der Waals surface area contributed by atoms with Gasteiger partial charge in [0, 0.05) is 11.4 Å². The van der Waals surface area contributed by atoms with Gasteiger partial charge in [-0.2, -0.15) is 0 Å². The molecule has 19 heavy (non-hydrogen) atoms. The number of carbonyl (C=O) groups excluding carboxylic acids is 1. The molecule has 1 saturated carbocycles. The first-order valence-corrected chi connectivity index (χ1v) is 7.80. The molecule has 0 aromatic carbocycles. The monoisotopic (exact) mass is 283 g/mol. The van der Waals surface area contributed by atoms with Crippen LogP contribution in [0, 0.1) is 11.3 Å². The lowest BCUT2D eigenvalue weighted by atomic mass is 9.67. The largest absolute Gasteiger partial charge is 0.461 e. The number of ether oxygens (including phenoxy) is 1. The van der Waals surface area contributed by atoms with Crippen LogP contribution in [0.3, 0.4) is 0 Å². The van der Waals surface area contributed by atoms with Crippen LogP contribution in [0.15, 0.2) is 0 Å². The van der Waals surface area contributed by atoms with E-state index in [0.29, 0.717) is 11.3 Å². The Morgan fingerprint density at radius 3 is 2.84 bits per heavy atom. The van der Waals surface area contributed by atoms with Crippen LogP contribution < -0.4 is 5.32 Å². The summed E-state index contributed by atoms with van der Waals surface area (Å²) in [5.74, 6) is 0.459. The highest BCUT2D eigenvalue weighted by molar-refractivity contribution is 7.80. The van der Waals surface area contributed by atoms with Gasteiger partial charge in [0.05, 0.1) is 0 Å². The van der Waals surface area contributed by atoms with Crippen LogP contribution in [0.2, 0.25) is 0 Å². The van der Waals surface area contributed by atoms with Gasteiger partial charge in [-0.05, 0) is 43.4 Å². The van der Waals surface area contributed by atoms with Crippen LogP contribution in [0.4, 0.5) is 0 Å². The molecule has 2 aliphatic rings. The van der Waals surface area contributed by atoms with Gasteiger partial charge in [0.2, 0.25) is 0 Å². The van der Waals surface area contributed by atoms with Crippen LogP contribution in [0.1, 0.15) is 52.9 Å². The zero-order valence-corrected chi connectivity index (χ0v) is 13.0. The average Bonchev–Trinajstić information content (AvgIpc) is 2.75. The van der Waals surface area contributed by atoms with Crippen molar-refractivity contribution in [2.45, 2.75) is 65.0 Å². The van der Waals surface area contributed by atoms with Crippen molar-refractivity contribution in [2.24, 2.45) is 11.3 Å². The fourth-order valence-electron chi connectivity index (χ4n) is 3.13. The molecule has 0 aromatic rings. The van der Waals surface area contributed by atoms with Crippen molar-refractivity contribution in [1.82, 2.24) is 5.32 Å². The van der Waals surface area contributed by atoms with Gasteiger partial charge in [0.1, 0.15) is 12.1 Å². The van der Waals surface area contributed by atoms with Gasteiger partial charge in [-0.3, -0.25) is 5.32 Å². The van der Waals surface area contributed by atoms with E-state index in [9.17, 15) is 4.79 Å². The lowest BCUT2D eigenvalue weighted by Crippen LogP contribution is -2.41. The summed E-state index contributed by atoms with van der Waals surface area (Å²) in [6.45, 7) is 7.64. The topological polar surface area (TPSA) is 38.3 Å². The van der Waals surface area contributed by atoms with Crippen LogP contribution in [0.5, 0.6) is 0 Å². The van der Waals surface area contributed by atoms with Crippen molar-refractivity contribution in [3.8, 4) is 0 Å². The number of hydrogen-bond donors (Lipinski definition) is 1. The number of esters is 1. The fraction of sp³-hybridized carbons (Fsp3) is 0.867. The van der Waals surface area contributed by atoms with Crippen LogP contribution in [0.25, 0.3) is 0 Å². The van der Waals surface area contributed by atoms with Crippen molar-refractivity contribution >= 4 is 23.1 Å². The molecule has 3 nitrogen and oxygen atoms in total. The fourth-order valence-corrected chi connectivity index (χ4v) is 3.41. The van der Waals surface area contributed by atoms with Gasteiger partial charge in [-0.15, -0.1) is 0 Å². The molecule has 1 aliphatic carbocycles. The van der Waals surface area contributed by atoms with Crippen molar-refractivity contribution in [1.29, 1.82) is 0 Å². The normalized spacial score (nSPS) is 35.7. The lowest BCUT2D eigenvalue weighted by molar-refractivity contribution is -0.153. The first-order chi connectivity index (χ1) is 8.92. The standard InChI is InChI=1S/C15H25NO2S/c1-10(2)15(3)7-4-5-11(9-15)18-14(17)13-12(19)6-8-16-13/h10-11,13,16H,4-9H2,1-3H3/t11?,13-,15?/m0/s1. The molecular weight excluding hydrogens is 258 g/mol. The third-order valence-electron chi connectivity index (χ3n) is 4.92. The van der Waals surface area contributed by atoms with E-state index in [2.05, 4.69) is 26.1 Å². The molecule has 0 bridgehead atoms. The molecule has 0 aromatic heterocycles. The Kier molecular flexibility index (Phi) is 4.62. The number of hydrogen-bond acceptors (Lipinski definition) is 4. The smallest absolute Gasteiger partial charge is 0.328 e. The SMILES string of the molecule is CC(C)C1(C)CCCC(OC(=O)[C@H]2NCCC2=S)C1. The minimum atomic E-state index is -0.345. The molecule has 2 fully saturated rings. The molecule has 108 valence electrons. The molecule has 3 atom stereocenters. The van der Waals surface area contributed by atoms with Gasteiger partial charge in [0.25, 0.3) is 0 Å². The van der Waals surface area contributed by atoms with Crippen molar-refractivity contribution < 1.29 is 9.53 Å². The van der Waals surface area contributed by atoms with Crippen LogP contribution in [-0.2, 0) is 9.53 Å². The van der Waals surface area contributed by atoms with E-state index in [1.807, 2.05) is 0 Å². The summed E-state index contributed by atoms with van der Waals surface area (Å²) in [6.07, 6.45) is 5.24. The Morgan fingerprint density at radius 1 is 1.53 bits per heavy atom. The summed E-state index contributed by atoms with van der Waals surface area (Å²) < 4.78 is 5.70. The van der Waals surface area contributed by atoms with Gasteiger partial charge in [0.15, 0.2) is 0 Å². The quantitative estimate of drug-likeness (QED) is 0.638. The molecule has 2 unspecified atom stereocenters. The van der Waals surface area contributed by atoms with Crippen molar-refractivity contribution in [3.05, 3.63) is 0 Å². The zero-order valence-electron chi connectivity index (χ0n) is 12.2. The summed E-state index contributed by atoms with van der Waals surface area (Å²) in [7, 11) is 0. The molecule has 2 rings (SSSR count). The van der Waals surface area contributed by atoms with E-state index in [-0.39, 0.29) is 18.1 Å². The maximum atomic E-state index is 12.1. The van der Waals surface area contributed by atoms with Crippen LogP contribution in [-0.4, -0.2) is 29.5 Å². The highest BCUT2D eigenvalue weighted by Gasteiger charge is 2.38. The number of thiocarbonyl (C=S) groups is 1. The summed E-state index contributed by atoms with van der Waals surface area (Å²) >= 11 is 5.21. The van der Waals surface area contributed by atoms with E-state index in [1.54, 1.807) is 0 Å². The molecule has 0 amide bonds. The van der Waals surface area contributed by atoms with Gasteiger partial charge in [-0.25, -0.2) is 4.79 Å². The Hall–Kier alpha value is -0.480. The molecule has 0 radical (unpaired) electrons. The van der Waals surface area contributed by atoms with E-state index in [0.717, 1.165) is 37.1 Å². The summed E-state index contributed by atoms with van der Waals surface area (Å²) in [5, 5.41) is 3.12. The molecule has 1 heterocycles. The third kappa shape index (κ3) is 3.34. The highest BCUT2D eigenvalue weighted by atomic mass is 32.1. The van der Waals surface area contributed by atoms with Crippen molar-refractivity contribution in [3.63, 3.8) is 0 Å². The van der Waals surface area contributed by atoms with E-state index < -0.39 is 0 Å². The number of carbonyl (C=O) groups is 1. The average molecular weight is 283 g/mol. The second-order valence-electron chi connectivity index (χ2n) is 6.57. The second kappa shape index (κ2) is 5.88. The van der Waals surface area contributed by atoms with Gasteiger partial charge in [-0.1, -0.05) is 33.0 Å². The molecule has 0 spiro atoms. The van der Waals surface area contributed by atoms with Crippen LogP contribution >= 0.6 is 12.2 Å². The Bertz CT molecular complexity index is 369. The number of nitrogens with one attached hydrogen (secondary N) is 1. The van der Waals surface area contributed by atoms with E-state index in [1.165, 1.54) is 6.42 Å². The van der Waals surface area contributed by atoms with E-state index in [4.69, 9.17) is 17.0 Å². The molecular formula is C15H25NO2S. The minimum absolute atomic E-state index is 0.0684. The Labute approximate surface area is 121 Å². The Balaban J connectivity index is 1.92. The first-order valence-electron chi connectivity index (χ1n) is 7.39. The second-order valence-corrected chi connectivity index (χ2v) is 7.09. The summed E-state index contributed by atoms with van der Waals surface area (Å²) in [4.78, 5) is 12.9. The third-order valence-corrected chi connectivity index (χ3v) is 5.36. The maximum absolute atomic E-state index is 12.1. The predicted octanol–water partition coefficient (Wildman–Crippen LogP) is 2.87. The summed E-state index contributed by atoms with van der Waals surface area (Å²) in [5.41, 5.74) is 0.298. The predicted molar refractivity (Wildman–Crippen MR) is 80.3 cm³/mol. The van der Waals surface area contributed by atoms with Gasteiger partial charge >= 0.3 is 5.97 Å². The molecule has 1 saturated heterocycles. The number of rotatable bonds is 3. The minimum Gasteiger partial charge on any atom is -0.461 e.